The lowest BCUT2D eigenvalue weighted by molar-refractivity contribution is 0.102. The summed E-state index contributed by atoms with van der Waals surface area (Å²) in [7, 11) is 0. The molecule has 2 rings (SSSR count). The van der Waals surface area contributed by atoms with Gasteiger partial charge >= 0.3 is 0 Å². The standard InChI is InChI=1S/C13H14BrN3OS/c1-3-4-10-12(19-17-16-10)13(18)15-11-7-9(14)6-5-8(11)2/h5-7H,3-4H2,1-2H3,(H,15,18). The van der Waals surface area contributed by atoms with Gasteiger partial charge in [0, 0.05) is 10.2 Å². The Morgan fingerprint density at radius 3 is 3.00 bits per heavy atom. The highest BCUT2D eigenvalue weighted by atomic mass is 79.9. The number of anilines is 1. The molecule has 0 saturated heterocycles. The zero-order valence-electron chi connectivity index (χ0n) is 10.7. The maximum atomic E-state index is 12.2. The van der Waals surface area contributed by atoms with Crippen LogP contribution in [0.1, 0.15) is 34.3 Å². The molecule has 1 aromatic heterocycles. The number of amides is 1. The van der Waals surface area contributed by atoms with Crippen molar-refractivity contribution in [3.63, 3.8) is 0 Å². The van der Waals surface area contributed by atoms with Crippen LogP contribution in [0.15, 0.2) is 22.7 Å². The summed E-state index contributed by atoms with van der Waals surface area (Å²) in [5.74, 6) is -0.139. The Kier molecular flexibility index (Phi) is 4.66. The van der Waals surface area contributed by atoms with Crippen molar-refractivity contribution in [3.05, 3.63) is 38.8 Å². The highest BCUT2D eigenvalue weighted by Gasteiger charge is 2.16. The molecule has 2 aromatic rings. The lowest BCUT2D eigenvalue weighted by atomic mass is 10.2. The molecule has 100 valence electrons. The Morgan fingerprint density at radius 1 is 1.47 bits per heavy atom. The maximum absolute atomic E-state index is 12.2. The molecule has 0 spiro atoms. The predicted octanol–water partition coefficient (Wildman–Crippen LogP) is 3.81. The van der Waals surface area contributed by atoms with E-state index in [9.17, 15) is 4.79 Å². The predicted molar refractivity (Wildman–Crippen MR) is 80.7 cm³/mol. The summed E-state index contributed by atoms with van der Waals surface area (Å²) in [5.41, 5.74) is 2.60. The van der Waals surface area contributed by atoms with Gasteiger partial charge in [-0.05, 0) is 42.6 Å². The van der Waals surface area contributed by atoms with E-state index in [0.717, 1.165) is 45.8 Å². The van der Waals surface area contributed by atoms with Crippen molar-refractivity contribution >= 4 is 39.1 Å². The lowest BCUT2D eigenvalue weighted by Crippen LogP contribution is -2.13. The largest absolute Gasteiger partial charge is 0.321 e. The van der Waals surface area contributed by atoms with Gasteiger partial charge in [0.05, 0.1) is 5.69 Å². The first-order valence-corrected chi connectivity index (χ1v) is 7.57. The van der Waals surface area contributed by atoms with Crippen LogP contribution in [0, 0.1) is 6.92 Å². The van der Waals surface area contributed by atoms with Crippen LogP contribution in [-0.2, 0) is 6.42 Å². The summed E-state index contributed by atoms with van der Waals surface area (Å²) in [4.78, 5) is 12.8. The first-order chi connectivity index (χ1) is 9.11. The molecule has 1 aromatic carbocycles. The van der Waals surface area contributed by atoms with Crippen molar-refractivity contribution in [2.45, 2.75) is 26.7 Å². The summed E-state index contributed by atoms with van der Waals surface area (Å²) in [6.07, 6.45) is 1.72. The first-order valence-electron chi connectivity index (χ1n) is 6.00. The van der Waals surface area contributed by atoms with Gasteiger partial charge in [0.1, 0.15) is 4.88 Å². The highest BCUT2D eigenvalue weighted by molar-refractivity contribution is 9.10. The van der Waals surface area contributed by atoms with Gasteiger partial charge < -0.3 is 5.32 Å². The molecule has 6 heteroatoms. The second-order valence-electron chi connectivity index (χ2n) is 4.21. The number of hydrogen-bond acceptors (Lipinski definition) is 4. The second-order valence-corrected chi connectivity index (χ2v) is 5.88. The molecule has 4 nitrogen and oxygen atoms in total. The van der Waals surface area contributed by atoms with Crippen molar-refractivity contribution in [1.29, 1.82) is 0 Å². The molecule has 0 aliphatic rings. The number of halogens is 1. The van der Waals surface area contributed by atoms with E-state index in [2.05, 4.69) is 37.8 Å². The summed E-state index contributed by atoms with van der Waals surface area (Å²) in [5, 5.41) is 6.92. The van der Waals surface area contributed by atoms with E-state index >= 15 is 0 Å². The van der Waals surface area contributed by atoms with Crippen molar-refractivity contribution < 1.29 is 4.79 Å². The third kappa shape index (κ3) is 3.39. The van der Waals surface area contributed by atoms with Crippen LogP contribution in [0.4, 0.5) is 5.69 Å². The van der Waals surface area contributed by atoms with Crippen LogP contribution >= 0.6 is 27.5 Å². The third-order valence-corrected chi connectivity index (χ3v) is 3.96. The van der Waals surface area contributed by atoms with E-state index in [1.54, 1.807) is 0 Å². The summed E-state index contributed by atoms with van der Waals surface area (Å²) in [6, 6.07) is 5.79. The average molecular weight is 340 g/mol. The summed E-state index contributed by atoms with van der Waals surface area (Å²) in [6.45, 7) is 4.01. The number of benzene rings is 1. The molecule has 0 radical (unpaired) electrons. The number of carbonyl (C=O) groups is 1. The fourth-order valence-electron chi connectivity index (χ4n) is 1.69. The van der Waals surface area contributed by atoms with E-state index in [4.69, 9.17) is 0 Å². The molecule has 0 aliphatic carbocycles. The van der Waals surface area contributed by atoms with Crippen molar-refractivity contribution in [1.82, 2.24) is 9.59 Å². The number of rotatable bonds is 4. The summed E-state index contributed by atoms with van der Waals surface area (Å²) >= 11 is 4.54. The second kappa shape index (κ2) is 6.25. The van der Waals surface area contributed by atoms with Crippen LogP contribution in [-0.4, -0.2) is 15.5 Å². The number of aryl methyl sites for hydroxylation is 2. The van der Waals surface area contributed by atoms with Gasteiger partial charge in [-0.15, -0.1) is 5.10 Å². The van der Waals surface area contributed by atoms with Gasteiger partial charge in [0.2, 0.25) is 0 Å². The van der Waals surface area contributed by atoms with Crippen molar-refractivity contribution in [2.75, 3.05) is 5.32 Å². The van der Waals surface area contributed by atoms with Gasteiger partial charge in [0.25, 0.3) is 5.91 Å². The maximum Gasteiger partial charge on any atom is 0.269 e. The number of nitrogens with one attached hydrogen (secondary N) is 1. The fourth-order valence-corrected chi connectivity index (χ4v) is 2.65. The monoisotopic (exact) mass is 339 g/mol. The lowest BCUT2D eigenvalue weighted by Gasteiger charge is -2.08. The Hall–Kier alpha value is -1.27. The van der Waals surface area contributed by atoms with Crippen molar-refractivity contribution in [3.8, 4) is 0 Å². The van der Waals surface area contributed by atoms with Crippen LogP contribution in [0.25, 0.3) is 0 Å². The summed E-state index contributed by atoms with van der Waals surface area (Å²) < 4.78 is 4.80. The molecule has 0 bridgehead atoms. The molecule has 1 amide bonds. The van der Waals surface area contributed by atoms with Gasteiger partial charge in [-0.25, -0.2) is 0 Å². The van der Waals surface area contributed by atoms with E-state index in [1.807, 2.05) is 25.1 Å². The number of aromatic nitrogens is 2. The minimum absolute atomic E-state index is 0.139. The van der Waals surface area contributed by atoms with E-state index < -0.39 is 0 Å². The normalized spacial score (nSPS) is 10.5. The molecule has 0 fully saturated rings. The van der Waals surface area contributed by atoms with Gasteiger partial charge in [-0.2, -0.15) is 0 Å². The molecule has 1 heterocycles. The van der Waals surface area contributed by atoms with Gasteiger partial charge in [-0.3, -0.25) is 4.79 Å². The van der Waals surface area contributed by atoms with Crippen LogP contribution in [0.3, 0.4) is 0 Å². The molecular formula is C13H14BrN3OS. The van der Waals surface area contributed by atoms with Crippen LogP contribution in [0.2, 0.25) is 0 Å². The van der Waals surface area contributed by atoms with Crippen LogP contribution in [0.5, 0.6) is 0 Å². The Balaban J connectivity index is 2.21. The zero-order chi connectivity index (χ0) is 13.8. The van der Waals surface area contributed by atoms with E-state index in [-0.39, 0.29) is 5.91 Å². The Bertz CT molecular complexity index is 597. The quantitative estimate of drug-likeness (QED) is 0.921. The molecule has 0 saturated carbocycles. The Morgan fingerprint density at radius 2 is 2.26 bits per heavy atom. The number of nitrogens with zero attached hydrogens (tertiary/aromatic N) is 2. The van der Waals surface area contributed by atoms with E-state index in [1.165, 1.54) is 0 Å². The minimum Gasteiger partial charge on any atom is -0.321 e. The molecule has 0 unspecified atom stereocenters. The molecular weight excluding hydrogens is 326 g/mol. The Labute approximate surface area is 124 Å². The topological polar surface area (TPSA) is 54.9 Å². The number of carbonyl (C=O) groups excluding carboxylic acids is 1. The molecule has 0 aliphatic heterocycles. The third-order valence-electron chi connectivity index (χ3n) is 2.70. The van der Waals surface area contributed by atoms with Crippen molar-refractivity contribution in [2.24, 2.45) is 0 Å². The SMILES string of the molecule is CCCc1nnsc1C(=O)Nc1cc(Br)ccc1C. The zero-order valence-corrected chi connectivity index (χ0v) is 13.1. The smallest absolute Gasteiger partial charge is 0.269 e. The molecule has 1 N–H and O–H groups in total. The van der Waals surface area contributed by atoms with Crippen LogP contribution < -0.4 is 5.32 Å². The van der Waals surface area contributed by atoms with E-state index in [0.29, 0.717) is 4.88 Å². The minimum atomic E-state index is -0.139. The van der Waals surface area contributed by atoms with Gasteiger partial charge in [-0.1, -0.05) is 39.8 Å². The van der Waals surface area contributed by atoms with Gasteiger partial charge in [0.15, 0.2) is 0 Å². The molecule has 0 atom stereocenters. The average Bonchev–Trinajstić information content (AvgIpc) is 2.82. The highest BCUT2D eigenvalue weighted by Crippen LogP contribution is 2.22. The first kappa shape index (κ1) is 14.1. The fraction of sp³-hybridized carbons (Fsp3) is 0.308. The molecule has 19 heavy (non-hydrogen) atoms. The number of hydrogen-bond donors (Lipinski definition) is 1.